The van der Waals surface area contributed by atoms with Crippen LogP contribution in [0.5, 0.6) is 0 Å². The third-order valence-corrected chi connectivity index (χ3v) is 5.25. The highest BCUT2D eigenvalue weighted by molar-refractivity contribution is 6.30. The second-order valence-electron chi connectivity index (χ2n) is 6.99. The van der Waals surface area contributed by atoms with Crippen LogP contribution in [0.25, 0.3) is 10.9 Å². The molecule has 1 aromatic heterocycles. The van der Waals surface area contributed by atoms with E-state index in [1.54, 1.807) is 30.5 Å². The van der Waals surface area contributed by atoms with Gasteiger partial charge in [-0.3, -0.25) is 14.7 Å². The smallest absolute Gasteiger partial charge is 0.268 e. The van der Waals surface area contributed by atoms with E-state index < -0.39 is 23.2 Å². The number of aromatic nitrogens is 2. The predicted octanol–water partition coefficient (Wildman–Crippen LogP) is 2.18. The number of H-pyrrole nitrogens is 1. The summed E-state index contributed by atoms with van der Waals surface area (Å²) in [5, 5.41) is 21.1. The van der Waals surface area contributed by atoms with Crippen LogP contribution in [0.2, 0.25) is 5.02 Å². The number of amides is 2. The number of aromatic amines is 1. The van der Waals surface area contributed by atoms with E-state index in [9.17, 15) is 19.1 Å². The summed E-state index contributed by atoms with van der Waals surface area (Å²) in [4.78, 5) is 26.7. The zero-order chi connectivity index (χ0) is 20.6. The highest BCUT2D eigenvalue weighted by Crippen LogP contribution is 2.30. The largest absolute Gasteiger partial charge is 0.372 e. The summed E-state index contributed by atoms with van der Waals surface area (Å²) in [6, 6.07) is 9.40. The first-order valence-electron chi connectivity index (χ1n) is 9.07. The Hall–Kier alpha value is -2.97. The lowest BCUT2D eigenvalue weighted by atomic mass is 10.0. The van der Waals surface area contributed by atoms with Crippen LogP contribution in [-0.2, 0) is 16.0 Å². The normalized spacial score (nSPS) is 19.1. The number of hydrogen-bond donors (Lipinski definition) is 3. The summed E-state index contributed by atoms with van der Waals surface area (Å²) in [5.41, 5.74) is -0.117. The van der Waals surface area contributed by atoms with Crippen LogP contribution in [0, 0.1) is 5.82 Å². The molecule has 2 amide bonds. The first kappa shape index (κ1) is 19.4. The van der Waals surface area contributed by atoms with Crippen LogP contribution in [0.4, 0.5) is 10.1 Å². The van der Waals surface area contributed by atoms with Crippen LogP contribution in [0.15, 0.2) is 42.6 Å². The number of anilines is 1. The molecule has 1 aliphatic heterocycles. The molecule has 3 aromatic rings. The Morgan fingerprint density at radius 3 is 2.97 bits per heavy atom. The maximum Gasteiger partial charge on any atom is 0.268 e. The molecule has 0 aliphatic carbocycles. The Kier molecular flexibility index (Phi) is 4.97. The monoisotopic (exact) mass is 416 g/mol. The zero-order valence-corrected chi connectivity index (χ0v) is 16.0. The van der Waals surface area contributed by atoms with E-state index in [-0.39, 0.29) is 24.5 Å². The Labute approximate surface area is 170 Å². The van der Waals surface area contributed by atoms with E-state index in [1.807, 2.05) is 0 Å². The minimum absolute atomic E-state index is 0.0209. The molecule has 150 valence electrons. The lowest BCUT2D eigenvalue weighted by molar-refractivity contribution is -0.149. The van der Waals surface area contributed by atoms with Gasteiger partial charge in [0.05, 0.1) is 11.7 Å². The number of halogens is 2. The molecular weight excluding hydrogens is 399 g/mol. The fourth-order valence-corrected chi connectivity index (χ4v) is 3.73. The van der Waals surface area contributed by atoms with Gasteiger partial charge >= 0.3 is 0 Å². The minimum Gasteiger partial charge on any atom is -0.372 e. The molecule has 0 radical (unpaired) electrons. The number of carbonyl (C=O) groups is 2. The summed E-state index contributed by atoms with van der Waals surface area (Å²) < 4.78 is 13.4. The fourth-order valence-electron chi connectivity index (χ4n) is 3.48. The van der Waals surface area contributed by atoms with Gasteiger partial charge in [-0.1, -0.05) is 11.6 Å². The van der Waals surface area contributed by atoms with Crippen molar-refractivity contribution in [2.45, 2.75) is 18.4 Å². The third-order valence-electron chi connectivity index (χ3n) is 5.03. The summed E-state index contributed by atoms with van der Waals surface area (Å²) in [6.45, 7) is 0.348. The maximum absolute atomic E-state index is 13.4. The van der Waals surface area contributed by atoms with Crippen molar-refractivity contribution < 1.29 is 19.1 Å². The van der Waals surface area contributed by atoms with Gasteiger partial charge in [0.15, 0.2) is 0 Å². The van der Waals surface area contributed by atoms with E-state index in [4.69, 9.17) is 11.6 Å². The Balaban J connectivity index is 1.42. The number of hydrogen-bond acceptors (Lipinski definition) is 4. The average molecular weight is 417 g/mol. The first-order chi connectivity index (χ1) is 13.9. The van der Waals surface area contributed by atoms with Gasteiger partial charge in [0.1, 0.15) is 5.82 Å². The predicted molar refractivity (Wildman–Crippen MR) is 106 cm³/mol. The van der Waals surface area contributed by atoms with Gasteiger partial charge in [0.25, 0.3) is 11.8 Å². The maximum atomic E-state index is 13.4. The van der Waals surface area contributed by atoms with Crippen molar-refractivity contribution in [2.75, 3.05) is 18.0 Å². The van der Waals surface area contributed by atoms with Crippen LogP contribution < -0.4 is 10.2 Å². The van der Waals surface area contributed by atoms with Gasteiger partial charge in [-0.2, -0.15) is 5.10 Å². The van der Waals surface area contributed by atoms with Crippen LogP contribution in [0.3, 0.4) is 0 Å². The van der Waals surface area contributed by atoms with E-state index >= 15 is 0 Å². The molecule has 1 aliphatic rings. The summed E-state index contributed by atoms with van der Waals surface area (Å²) >= 11 is 5.82. The van der Waals surface area contributed by atoms with Gasteiger partial charge in [-0.25, -0.2) is 4.39 Å². The lowest BCUT2D eigenvalue weighted by Crippen LogP contribution is -2.52. The Morgan fingerprint density at radius 1 is 1.34 bits per heavy atom. The molecule has 2 heterocycles. The number of rotatable bonds is 5. The summed E-state index contributed by atoms with van der Waals surface area (Å²) in [5.74, 6) is -1.91. The summed E-state index contributed by atoms with van der Waals surface area (Å²) in [7, 11) is 0. The van der Waals surface area contributed by atoms with E-state index in [2.05, 4.69) is 15.5 Å². The number of nitrogens with one attached hydrogen (secondary N) is 2. The molecule has 0 saturated carbocycles. The van der Waals surface area contributed by atoms with E-state index in [0.29, 0.717) is 17.7 Å². The number of fused-ring (bicyclic) bond motifs is 1. The van der Waals surface area contributed by atoms with E-state index in [0.717, 1.165) is 10.9 Å². The molecule has 4 rings (SSSR count). The van der Waals surface area contributed by atoms with Crippen molar-refractivity contribution in [1.82, 2.24) is 15.5 Å². The Bertz CT molecular complexity index is 1080. The molecule has 1 unspecified atom stereocenters. The standard InChI is InChI=1S/C20H18ClFN4O3/c21-14-7-12(8-15(22)10-14)3-5-23-18(27)20(29)4-6-26(19(20)28)16-1-2-17-13(9-16)11-24-25-17/h1-2,7-11,29H,3-6H2,(H,23,27)(H,24,25). The highest BCUT2D eigenvalue weighted by atomic mass is 35.5. The van der Waals surface area contributed by atoms with Crippen LogP contribution in [0.1, 0.15) is 12.0 Å². The summed E-state index contributed by atoms with van der Waals surface area (Å²) in [6.07, 6.45) is 1.93. The fraction of sp³-hybridized carbons (Fsp3) is 0.250. The number of nitrogens with zero attached hydrogens (tertiary/aromatic N) is 2. The molecule has 7 nitrogen and oxygen atoms in total. The van der Waals surface area contributed by atoms with Gasteiger partial charge in [0, 0.05) is 35.6 Å². The van der Waals surface area contributed by atoms with E-state index in [1.165, 1.54) is 17.0 Å². The zero-order valence-electron chi connectivity index (χ0n) is 15.3. The van der Waals surface area contributed by atoms with Crippen molar-refractivity contribution in [3.63, 3.8) is 0 Å². The molecule has 1 atom stereocenters. The van der Waals surface area contributed by atoms with Crippen molar-refractivity contribution in [2.24, 2.45) is 0 Å². The SMILES string of the molecule is O=C(NCCc1cc(F)cc(Cl)c1)C1(O)CCN(c2ccc3[nH]ncc3c2)C1=O. The average Bonchev–Trinajstić information content (AvgIpc) is 3.26. The minimum atomic E-state index is -2.13. The first-order valence-corrected chi connectivity index (χ1v) is 9.45. The van der Waals surface area contributed by atoms with Crippen LogP contribution >= 0.6 is 11.6 Å². The van der Waals surface area contributed by atoms with Crippen molar-refractivity contribution in [3.8, 4) is 0 Å². The van der Waals surface area contributed by atoms with Crippen LogP contribution in [-0.4, -0.2) is 45.8 Å². The molecule has 9 heteroatoms. The van der Waals surface area contributed by atoms with Gasteiger partial charge in [0.2, 0.25) is 5.60 Å². The topological polar surface area (TPSA) is 98.3 Å². The molecular formula is C20H18ClFN4O3. The number of aliphatic hydroxyl groups is 1. The van der Waals surface area contributed by atoms with Crippen molar-refractivity contribution >= 4 is 40.0 Å². The number of carbonyl (C=O) groups excluding carboxylic acids is 2. The Morgan fingerprint density at radius 2 is 2.17 bits per heavy atom. The molecule has 0 bridgehead atoms. The third kappa shape index (κ3) is 3.68. The van der Waals surface area contributed by atoms with Crippen molar-refractivity contribution in [1.29, 1.82) is 0 Å². The molecule has 2 aromatic carbocycles. The molecule has 29 heavy (non-hydrogen) atoms. The molecule has 3 N–H and O–H groups in total. The second kappa shape index (κ2) is 7.46. The highest BCUT2D eigenvalue weighted by Gasteiger charge is 2.51. The van der Waals surface area contributed by atoms with Gasteiger partial charge in [-0.05, 0) is 48.4 Å². The lowest BCUT2D eigenvalue weighted by Gasteiger charge is -2.22. The molecule has 0 spiro atoms. The van der Waals surface area contributed by atoms with Gasteiger partial charge in [-0.15, -0.1) is 0 Å². The van der Waals surface area contributed by atoms with Gasteiger partial charge < -0.3 is 15.3 Å². The molecule has 1 saturated heterocycles. The molecule has 1 fully saturated rings. The second-order valence-corrected chi connectivity index (χ2v) is 7.43. The quantitative estimate of drug-likeness (QED) is 0.555. The van der Waals surface area contributed by atoms with Crippen molar-refractivity contribution in [3.05, 3.63) is 59.0 Å². The number of benzene rings is 2.